The number of tetrazole rings is 1. The number of nitrogens with one attached hydrogen (secondary N) is 2. The fourth-order valence-corrected chi connectivity index (χ4v) is 4.93. The summed E-state index contributed by atoms with van der Waals surface area (Å²) >= 11 is 0. The molecule has 2 atom stereocenters. The van der Waals surface area contributed by atoms with Gasteiger partial charge in [0, 0.05) is 30.3 Å². The van der Waals surface area contributed by atoms with Crippen molar-refractivity contribution in [2.24, 2.45) is 7.05 Å². The van der Waals surface area contributed by atoms with Crippen molar-refractivity contribution >= 4 is 28.3 Å². The van der Waals surface area contributed by atoms with Gasteiger partial charge in [-0.2, -0.15) is 0 Å². The second-order valence-electron chi connectivity index (χ2n) is 9.63. The van der Waals surface area contributed by atoms with Crippen molar-refractivity contribution in [3.05, 3.63) is 65.7 Å². The fourth-order valence-electron chi connectivity index (χ4n) is 4.93. The molecule has 2 amide bonds. The van der Waals surface area contributed by atoms with Crippen LogP contribution in [0.5, 0.6) is 5.75 Å². The maximum absolute atomic E-state index is 16.4. The average Bonchev–Trinajstić information content (AvgIpc) is 3.35. The molecule has 3 aromatic carbocycles. The lowest BCUT2D eigenvalue weighted by molar-refractivity contribution is -0.140. The Balaban J connectivity index is 1.60. The Morgan fingerprint density at radius 2 is 2.00 bits per heavy atom. The van der Waals surface area contributed by atoms with E-state index in [1.807, 2.05) is 48.5 Å². The number of alkyl halides is 1. The van der Waals surface area contributed by atoms with Gasteiger partial charge in [-0.3, -0.25) is 9.59 Å². The van der Waals surface area contributed by atoms with Gasteiger partial charge in [0.1, 0.15) is 5.75 Å². The number of carbonyl (C=O) groups excluding carboxylic acids is 2. The number of aromatic nitrogens is 4. The molecule has 202 valence electrons. The standard InChI is InChI=1S/C28H30FN7O3/c1-17(30-2)26(37)31-28(29)14-13-18-7-5-6-8-23(18)36(27(28)38)16-22-21-11-9-20(25-32-33-34-35(25)3)15-19(21)10-12-24(22)39-4/h5-12,15,17,30H,13-14,16H2,1-4H3,(H,31,37). The van der Waals surface area contributed by atoms with Gasteiger partial charge < -0.3 is 20.3 Å². The number of para-hydroxylation sites is 1. The number of aryl methyl sites for hydroxylation is 2. The van der Waals surface area contributed by atoms with E-state index in [0.717, 1.165) is 21.9 Å². The summed E-state index contributed by atoms with van der Waals surface area (Å²) in [6.07, 6.45) is 0.105. The highest BCUT2D eigenvalue weighted by Crippen LogP contribution is 2.37. The number of rotatable bonds is 7. The van der Waals surface area contributed by atoms with Gasteiger partial charge in [0.05, 0.1) is 19.7 Å². The molecule has 1 aliphatic heterocycles. The van der Waals surface area contributed by atoms with Crippen LogP contribution in [0.3, 0.4) is 0 Å². The fraction of sp³-hybridized carbons (Fsp3) is 0.321. The third-order valence-corrected chi connectivity index (χ3v) is 7.26. The highest BCUT2D eigenvalue weighted by Gasteiger charge is 2.46. The molecule has 0 spiro atoms. The molecule has 1 aliphatic rings. The molecule has 0 fully saturated rings. The number of amides is 2. The van der Waals surface area contributed by atoms with Crippen LogP contribution in [0.25, 0.3) is 22.2 Å². The van der Waals surface area contributed by atoms with E-state index >= 15 is 4.39 Å². The van der Waals surface area contributed by atoms with E-state index in [1.54, 1.807) is 38.9 Å². The number of carbonyl (C=O) groups is 2. The summed E-state index contributed by atoms with van der Waals surface area (Å²) in [5.41, 5.74) is 2.95. The smallest absolute Gasteiger partial charge is 0.285 e. The Kier molecular flexibility index (Phi) is 7.00. The van der Waals surface area contributed by atoms with E-state index < -0.39 is 23.6 Å². The number of ether oxygens (including phenoxy) is 1. The van der Waals surface area contributed by atoms with Crippen molar-refractivity contribution in [2.75, 3.05) is 19.1 Å². The number of hydrogen-bond acceptors (Lipinski definition) is 7. The van der Waals surface area contributed by atoms with Gasteiger partial charge >= 0.3 is 0 Å². The van der Waals surface area contributed by atoms with Crippen molar-refractivity contribution in [1.29, 1.82) is 0 Å². The quantitative estimate of drug-likeness (QED) is 0.353. The van der Waals surface area contributed by atoms with Gasteiger partial charge in [0.25, 0.3) is 11.7 Å². The van der Waals surface area contributed by atoms with Gasteiger partial charge in [-0.15, -0.1) is 5.10 Å². The molecule has 2 N–H and O–H groups in total. The lowest BCUT2D eigenvalue weighted by Crippen LogP contribution is -2.59. The first kappa shape index (κ1) is 26.2. The molecule has 1 aromatic heterocycles. The topological polar surface area (TPSA) is 114 Å². The average molecular weight is 532 g/mol. The number of fused-ring (bicyclic) bond motifs is 2. The van der Waals surface area contributed by atoms with Gasteiger partial charge in [-0.1, -0.05) is 36.4 Å². The van der Waals surface area contributed by atoms with Crippen molar-refractivity contribution in [3.63, 3.8) is 0 Å². The second-order valence-corrected chi connectivity index (χ2v) is 9.63. The largest absolute Gasteiger partial charge is 0.496 e. The lowest BCUT2D eigenvalue weighted by Gasteiger charge is -2.31. The van der Waals surface area contributed by atoms with Crippen LogP contribution in [0, 0.1) is 0 Å². The Labute approximate surface area is 225 Å². The SMILES string of the molecule is CNC(C)C(=O)NC1(F)CCc2ccccc2N(Cc2c(OC)ccc3cc(-c4nnnn4C)ccc23)C1=O. The van der Waals surface area contributed by atoms with Gasteiger partial charge in [0.2, 0.25) is 5.91 Å². The minimum atomic E-state index is -2.58. The summed E-state index contributed by atoms with van der Waals surface area (Å²) in [7, 11) is 4.92. The number of halogens is 1. The van der Waals surface area contributed by atoms with Crippen molar-refractivity contribution in [1.82, 2.24) is 30.8 Å². The minimum Gasteiger partial charge on any atom is -0.496 e. The molecule has 2 unspecified atom stereocenters. The van der Waals surface area contributed by atoms with Crippen LogP contribution in [-0.4, -0.2) is 58.0 Å². The molecular weight excluding hydrogens is 501 g/mol. The van der Waals surface area contributed by atoms with E-state index in [4.69, 9.17) is 4.74 Å². The third kappa shape index (κ3) is 4.81. The summed E-state index contributed by atoms with van der Waals surface area (Å²) in [6.45, 7) is 1.64. The Hall–Kier alpha value is -4.38. The van der Waals surface area contributed by atoms with E-state index in [1.165, 1.54) is 4.90 Å². The first-order valence-corrected chi connectivity index (χ1v) is 12.7. The van der Waals surface area contributed by atoms with E-state index in [2.05, 4.69) is 26.2 Å². The molecule has 2 heterocycles. The Bertz CT molecular complexity index is 1560. The predicted molar refractivity (Wildman–Crippen MR) is 145 cm³/mol. The number of nitrogens with zero attached hydrogens (tertiary/aromatic N) is 5. The summed E-state index contributed by atoms with van der Waals surface area (Å²) in [5, 5.41) is 18.6. The molecule has 39 heavy (non-hydrogen) atoms. The zero-order chi connectivity index (χ0) is 27.7. The van der Waals surface area contributed by atoms with Crippen LogP contribution in [0.4, 0.5) is 10.1 Å². The van der Waals surface area contributed by atoms with Crippen LogP contribution >= 0.6 is 0 Å². The zero-order valence-electron chi connectivity index (χ0n) is 22.2. The Morgan fingerprint density at radius 1 is 1.21 bits per heavy atom. The Morgan fingerprint density at radius 3 is 2.72 bits per heavy atom. The minimum absolute atomic E-state index is 0.0321. The van der Waals surface area contributed by atoms with E-state index in [9.17, 15) is 9.59 Å². The highest BCUT2D eigenvalue weighted by molar-refractivity contribution is 6.03. The summed E-state index contributed by atoms with van der Waals surface area (Å²) in [5.74, 6) is -2.83. The van der Waals surface area contributed by atoms with Crippen LogP contribution in [0.2, 0.25) is 0 Å². The van der Waals surface area contributed by atoms with Gasteiger partial charge in [-0.25, -0.2) is 9.07 Å². The number of hydrogen-bond donors (Lipinski definition) is 2. The maximum atomic E-state index is 16.4. The number of likely N-dealkylation sites (N-methyl/N-ethyl adjacent to an activating group) is 1. The lowest BCUT2D eigenvalue weighted by atomic mass is 9.99. The molecule has 0 radical (unpaired) electrons. The van der Waals surface area contributed by atoms with Crippen LogP contribution in [-0.2, 0) is 29.6 Å². The zero-order valence-corrected chi connectivity index (χ0v) is 22.2. The van der Waals surface area contributed by atoms with Crippen molar-refractivity contribution < 1.29 is 18.7 Å². The molecular formula is C28H30FN7O3. The molecule has 11 heteroatoms. The van der Waals surface area contributed by atoms with E-state index in [0.29, 0.717) is 22.8 Å². The molecule has 5 rings (SSSR count). The summed E-state index contributed by atoms with van der Waals surface area (Å²) < 4.78 is 23.7. The molecule has 0 aliphatic carbocycles. The van der Waals surface area contributed by atoms with Crippen LogP contribution in [0.15, 0.2) is 54.6 Å². The maximum Gasteiger partial charge on any atom is 0.285 e. The van der Waals surface area contributed by atoms with Gasteiger partial charge in [-0.05, 0) is 65.4 Å². The predicted octanol–water partition coefficient (Wildman–Crippen LogP) is 2.91. The van der Waals surface area contributed by atoms with Crippen LogP contribution in [0.1, 0.15) is 24.5 Å². The first-order valence-electron chi connectivity index (χ1n) is 12.7. The molecule has 4 aromatic rings. The number of benzene rings is 3. The molecule has 0 saturated heterocycles. The van der Waals surface area contributed by atoms with Crippen molar-refractivity contribution in [3.8, 4) is 17.1 Å². The number of methoxy groups -OCH3 is 1. The summed E-state index contributed by atoms with van der Waals surface area (Å²) in [6, 6.07) is 16.2. The van der Waals surface area contributed by atoms with Crippen molar-refractivity contribution in [2.45, 2.75) is 38.1 Å². The second kappa shape index (κ2) is 10.4. The highest BCUT2D eigenvalue weighted by atomic mass is 19.1. The first-order chi connectivity index (χ1) is 18.8. The van der Waals surface area contributed by atoms with Gasteiger partial charge in [0.15, 0.2) is 5.82 Å². The number of anilines is 1. The molecule has 0 saturated carbocycles. The molecule has 0 bridgehead atoms. The normalized spacial score (nSPS) is 18.0. The summed E-state index contributed by atoms with van der Waals surface area (Å²) in [4.78, 5) is 28.0. The monoisotopic (exact) mass is 531 g/mol. The third-order valence-electron chi connectivity index (χ3n) is 7.26. The molecule has 10 nitrogen and oxygen atoms in total. The van der Waals surface area contributed by atoms with E-state index in [-0.39, 0.29) is 19.4 Å². The van der Waals surface area contributed by atoms with Crippen LogP contribution < -0.4 is 20.3 Å².